The van der Waals surface area contributed by atoms with Gasteiger partial charge in [0.25, 0.3) is 5.91 Å². The number of carbonyl (C=O) groups is 2. The van der Waals surface area contributed by atoms with Crippen LogP contribution in [0.3, 0.4) is 0 Å². The first-order chi connectivity index (χ1) is 14.3. The molecule has 2 aromatic carbocycles. The summed E-state index contributed by atoms with van der Waals surface area (Å²) < 4.78 is 5.32. The fourth-order valence-electron chi connectivity index (χ4n) is 2.97. The number of rotatable bonds is 6. The van der Waals surface area contributed by atoms with Crippen LogP contribution >= 0.6 is 0 Å². The van der Waals surface area contributed by atoms with Crippen LogP contribution in [-0.2, 0) is 16.0 Å². The van der Waals surface area contributed by atoms with E-state index in [9.17, 15) is 9.59 Å². The minimum absolute atomic E-state index is 0.288. The maximum Gasteiger partial charge on any atom is 0.408 e. The van der Waals surface area contributed by atoms with Gasteiger partial charge < -0.3 is 15.0 Å². The van der Waals surface area contributed by atoms with E-state index in [0.29, 0.717) is 0 Å². The monoisotopic (exact) mass is 406 g/mol. The Morgan fingerprint density at radius 1 is 1.10 bits per heavy atom. The van der Waals surface area contributed by atoms with E-state index >= 15 is 0 Å². The number of H-pyrrole nitrogens is 1. The van der Waals surface area contributed by atoms with E-state index in [2.05, 4.69) is 20.8 Å². The van der Waals surface area contributed by atoms with Gasteiger partial charge in [0.2, 0.25) is 0 Å². The molecule has 3 aromatic rings. The zero-order valence-corrected chi connectivity index (χ0v) is 17.3. The molecule has 7 nitrogen and oxygen atoms in total. The van der Waals surface area contributed by atoms with E-state index in [-0.39, 0.29) is 6.42 Å². The lowest BCUT2D eigenvalue weighted by atomic mass is 10.0. The van der Waals surface area contributed by atoms with E-state index in [1.807, 2.05) is 60.8 Å². The van der Waals surface area contributed by atoms with Crippen molar-refractivity contribution in [3.05, 3.63) is 71.9 Å². The maximum atomic E-state index is 12.8. The van der Waals surface area contributed by atoms with Crippen molar-refractivity contribution in [2.24, 2.45) is 5.10 Å². The van der Waals surface area contributed by atoms with Crippen LogP contribution in [0, 0.1) is 0 Å². The Morgan fingerprint density at radius 2 is 1.80 bits per heavy atom. The van der Waals surface area contributed by atoms with Crippen LogP contribution in [0.15, 0.2) is 65.9 Å². The summed E-state index contributed by atoms with van der Waals surface area (Å²) >= 11 is 0. The minimum Gasteiger partial charge on any atom is -0.444 e. The Kier molecular flexibility index (Phi) is 6.51. The normalized spacial score (nSPS) is 12.6. The number of hydrogen-bond donors (Lipinski definition) is 3. The van der Waals surface area contributed by atoms with E-state index in [1.165, 1.54) is 0 Å². The minimum atomic E-state index is -0.855. The average molecular weight is 406 g/mol. The quantitative estimate of drug-likeness (QED) is 0.430. The number of nitrogens with zero attached hydrogens (tertiary/aromatic N) is 1. The first kappa shape index (κ1) is 21.1. The summed E-state index contributed by atoms with van der Waals surface area (Å²) in [6.45, 7) is 5.31. The largest absolute Gasteiger partial charge is 0.444 e. The van der Waals surface area contributed by atoms with E-state index in [1.54, 1.807) is 27.0 Å². The third-order valence-electron chi connectivity index (χ3n) is 4.29. The van der Waals surface area contributed by atoms with Crippen molar-refractivity contribution in [3.8, 4) is 0 Å². The highest BCUT2D eigenvalue weighted by molar-refractivity contribution is 5.89. The number of ether oxygens (including phenoxy) is 1. The molecular weight excluding hydrogens is 380 g/mol. The summed E-state index contributed by atoms with van der Waals surface area (Å²) in [5.41, 5.74) is 4.57. The SMILES string of the molecule is CC(C)(C)OC(=O)N[C@@H](Cc1c[nH]c2ccccc12)C(=O)N/N=C/c1ccccc1. The van der Waals surface area contributed by atoms with Gasteiger partial charge in [0.05, 0.1) is 6.21 Å². The van der Waals surface area contributed by atoms with Gasteiger partial charge in [-0.1, -0.05) is 48.5 Å². The molecule has 0 aliphatic rings. The molecule has 0 spiro atoms. The highest BCUT2D eigenvalue weighted by atomic mass is 16.6. The lowest BCUT2D eigenvalue weighted by molar-refractivity contribution is -0.123. The number of fused-ring (bicyclic) bond motifs is 1. The van der Waals surface area contributed by atoms with Gasteiger partial charge >= 0.3 is 6.09 Å². The van der Waals surface area contributed by atoms with Crippen LogP contribution in [0.4, 0.5) is 4.79 Å². The zero-order valence-electron chi connectivity index (χ0n) is 17.3. The first-order valence-electron chi connectivity index (χ1n) is 9.74. The van der Waals surface area contributed by atoms with Gasteiger partial charge in [-0.15, -0.1) is 0 Å². The van der Waals surface area contributed by atoms with Crippen molar-refractivity contribution in [1.29, 1.82) is 0 Å². The van der Waals surface area contributed by atoms with E-state index in [0.717, 1.165) is 22.0 Å². The third-order valence-corrected chi connectivity index (χ3v) is 4.29. The number of para-hydroxylation sites is 1. The molecule has 3 N–H and O–H groups in total. The summed E-state index contributed by atoms with van der Waals surface area (Å²) in [7, 11) is 0. The molecule has 2 amide bonds. The lowest BCUT2D eigenvalue weighted by Gasteiger charge is -2.22. The Balaban J connectivity index is 1.75. The van der Waals surface area contributed by atoms with Gasteiger partial charge in [0.1, 0.15) is 11.6 Å². The second-order valence-corrected chi connectivity index (χ2v) is 7.91. The first-order valence-corrected chi connectivity index (χ1v) is 9.74. The molecule has 0 saturated carbocycles. The number of nitrogens with one attached hydrogen (secondary N) is 3. The molecule has 0 aliphatic heterocycles. The molecule has 156 valence electrons. The van der Waals surface area contributed by atoms with Crippen LogP contribution < -0.4 is 10.7 Å². The highest BCUT2D eigenvalue weighted by Crippen LogP contribution is 2.19. The fraction of sp³-hybridized carbons (Fsp3) is 0.261. The summed E-state index contributed by atoms with van der Waals surface area (Å²) in [6, 6.07) is 16.3. The van der Waals surface area contributed by atoms with Crippen LogP contribution in [0.1, 0.15) is 31.9 Å². The molecule has 7 heteroatoms. The Bertz CT molecular complexity index is 1040. The molecule has 0 aliphatic carbocycles. The van der Waals surface area contributed by atoms with Crippen LogP contribution in [0.25, 0.3) is 10.9 Å². The molecule has 0 radical (unpaired) electrons. The number of carbonyl (C=O) groups excluding carboxylic acids is 2. The van der Waals surface area contributed by atoms with Gasteiger partial charge in [-0.25, -0.2) is 10.2 Å². The molecule has 0 saturated heterocycles. The molecular formula is C23H26N4O3. The van der Waals surface area contributed by atoms with Crippen LogP contribution in [0.2, 0.25) is 0 Å². The maximum absolute atomic E-state index is 12.8. The summed E-state index contributed by atoms with van der Waals surface area (Å²) in [6.07, 6.45) is 3.02. The average Bonchev–Trinajstić information content (AvgIpc) is 3.10. The van der Waals surface area contributed by atoms with Gasteiger partial charge in [-0.3, -0.25) is 4.79 Å². The molecule has 1 atom stereocenters. The lowest BCUT2D eigenvalue weighted by Crippen LogP contribution is -2.48. The van der Waals surface area contributed by atoms with Crippen molar-refractivity contribution >= 4 is 29.1 Å². The molecule has 3 rings (SSSR count). The number of benzene rings is 2. The standard InChI is InChI=1S/C23H26N4O3/c1-23(2,3)30-22(29)26-20(13-17-15-24-19-12-8-7-11-18(17)19)21(28)27-25-14-16-9-5-4-6-10-16/h4-12,14-15,20,24H,13H2,1-3H3,(H,26,29)(H,27,28)/b25-14+/t20-/m0/s1. The summed E-state index contributed by atoms with van der Waals surface area (Å²) in [4.78, 5) is 28.3. The van der Waals surface area contributed by atoms with Crippen molar-refractivity contribution in [2.75, 3.05) is 0 Å². The molecule has 1 heterocycles. The number of aromatic amines is 1. The summed E-state index contributed by atoms with van der Waals surface area (Å²) in [5.74, 6) is -0.432. The third kappa shape index (κ3) is 5.94. The number of aromatic nitrogens is 1. The smallest absolute Gasteiger partial charge is 0.408 e. The van der Waals surface area contributed by atoms with Crippen LogP contribution in [0.5, 0.6) is 0 Å². The molecule has 30 heavy (non-hydrogen) atoms. The number of alkyl carbamates (subject to hydrolysis) is 1. The van der Waals surface area contributed by atoms with Crippen molar-refractivity contribution in [1.82, 2.24) is 15.7 Å². The molecule has 0 fully saturated rings. The second kappa shape index (κ2) is 9.26. The van der Waals surface area contributed by atoms with Gasteiger partial charge in [0.15, 0.2) is 0 Å². The number of hydrazone groups is 1. The van der Waals surface area contributed by atoms with E-state index < -0.39 is 23.6 Å². The van der Waals surface area contributed by atoms with Crippen molar-refractivity contribution < 1.29 is 14.3 Å². The summed E-state index contributed by atoms with van der Waals surface area (Å²) in [5, 5.41) is 7.67. The Morgan fingerprint density at radius 3 is 2.53 bits per heavy atom. The van der Waals surface area contributed by atoms with Crippen LogP contribution in [-0.4, -0.2) is 34.8 Å². The number of amides is 2. The highest BCUT2D eigenvalue weighted by Gasteiger charge is 2.25. The fourth-order valence-corrected chi connectivity index (χ4v) is 2.97. The van der Waals surface area contributed by atoms with Crippen molar-refractivity contribution in [2.45, 2.75) is 38.8 Å². The van der Waals surface area contributed by atoms with Crippen molar-refractivity contribution in [3.63, 3.8) is 0 Å². The molecule has 0 bridgehead atoms. The predicted octanol–water partition coefficient (Wildman–Crippen LogP) is 3.75. The Labute approximate surface area is 175 Å². The van der Waals surface area contributed by atoms with Gasteiger partial charge in [-0.05, 0) is 38.0 Å². The Hall–Kier alpha value is -3.61. The predicted molar refractivity (Wildman–Crippen MR) is 117 cm³/mol. The topological polar surface area (TPSA) is 95.6 Å². The molecule has 0 unspecified atom stereocenters. The molecule has 1 aromatic heterocycles. The number of hydrogen-bond acceptors (Lipinski definition) is 4. The second-order valence-electron chi connectivity index (χ2n) is 7.91. The van der Waals surface area contributed by atoms with E-state index in [4.69, 9.17) is 4.74 Å². The zero-order chi connectivity index (χ0) is 21.6. The van der Waals surface area contributed by atoms with Gasteiger partial charge in [-0.2, -0.15) is 5.10 Å². The van der Waals surface area contributed by atoms with Gasteiger partial charge in [0, 0.05) is 23.5 Å².